The molecule has 1 aromatic carbocycles. The van der Waals surface area contributed by atoms with Crippen LogP contribution in [0.25, 0.3) is 33.2 Å². The third-order valence-electron chi connectivity index (χ3n) is 6.72. The third kappa shape index (κ3) is 4.40. The molecule has 11 heteroatoms. The van der Waals surface area contributed by atoms with Crippen molar-refractivity contribution in [2.45, 2.75) is 64.1 Å². The first kappa shape index (κ1) is 23.4. The van der Waals surface area contributed by atoms with Crippen LogP contribution in [-0.4, -0.2) is 54.8 Å². The fourth-order valence-electron chi connectivity index (χ4n) is 4.83. The molecular formula is C24H27F3N6O2. The van der Waals surface area contributed by atoms with Crippen LogP contribution < -0.4 is 10.1 Å². The summed E-state index contributed by atoms with van der Waals surface area (Å²) in [4.78, 5) is 16.3. The second-order valence-corrected chi connectivity index (χ2v) is 9.38. The Hall–Kier alpha value is -3.34. The van der Waals surface area contributed by atoms with Crippen LogP contribution in [-0.2, 0) is 6.54 Å². The zero-order chi connectivity index (χ0) is 24.9. The van der Waals surface area contributed by atoms with Gasteiger partial charge in [-0.2, -0.15) is 9.97 Å². The first-order valence-corrected chi connectivity index (χ1v) is 11.5. The van der Waals surface area contributed by atoms with Crippen LogP contribution >= 0.6 is 0 Å². The standard InChI is InChI=1S/C24H27F3N6O2/c1-12-29-20-16(25)8-13(9-17(20)33(12)11-18(26)27)15-10-28-21-19(15)22(35-3)32-23(31-21)30-14-4-6-24(2,34)7-5-14/h8-10,14,18,34H,4-7,11H2,1-3H3,(H2,28,30,31,32). The molecule has 3 aromatic heterocycles. The monoisotopic (exact) mass is 488 g/mol. The van der Waals surface area contributed by atoms with Gasteiger partial charge in [0.05, 0.1) is 30.2 Å². The number of nitrogens with one attached hydrogen (secondary N) is 2. The summed E-state index contributed by atoms with van der Waals surface area (Å²) in [5, 5.41) is 14.1. The number of alkyl halides is 2. The summed E-state index contributed by atoms with van der Waals surface area (Å²) in [6.45, 7) is 2.85. The number of aryl methyl sites for hydroxylation is 1. The van der Waals surface area contributed by atoms with Crippen molar-refractivity contribution < 1.29 is 23.0 Å². The Bertz CT molecular complexity index is 1390. The first-order chi connectivity index (χ1) is 16.6. The molecule has 5 rings (SSSR count). The molecule has 3 N–H and O–H groups in total. The molecule has 0 saturated heterocycles. The Balaban J connectivity index is 1.54. The summed E-state index contributed by atoms with van der Waals surface area (Å²) in [5.41, 5.74) is 1.24. The molecule has 0 unspecified atom stereocenters. The van der Waals surface area contributed by atoms with Crippen molar-refractivity contribution in [1.82, 2.24) is 24.5 Å². The zero-order valence-corrected chi connectivity index (χ0v) is 19.7. The SMILES string of the molecule is COc1nc(NC2CCC(C)(O)CC2)nc2[nH]cc(-c3cc(F)c4nc(C)n(CC(F)F)c4c3)c12. The average molecular weight is 489 g/mol. The Labute approximate surface area is 199 Å². The minimum Gasteiger partial charge on any atom is -0.480 e. The van der Waals surface area contributed by atoms with Gasteiger partial charge in [0, 0.05) is 17.8 Å². The maximum atomic E-state index is 15.0. The number of nitrogens with zero attached hydrogens (tertiary/aromatic N) is 4. The van der Waals surface area contributed by atoms with E-state index in [1.807, 2.05) is 6.92 Å². The molecule has 0 radical (unpaired) electrons. The predicted molar refractivity (Wildman–Crippen MR) is 126 cm³/mol. The highest BCUT2D eigenvalue weighted by atomic mass is 19.3. The van der Waals surface area contributed by atoms with Crippen molar-refractivity contribution in [2.24, 2.45) is 0 Å². The van der Waals surface area contributed by atoms with Gasteiger partial charge < -0.3 is 24.7 Å². The summed E-state index contributed by atoms with van der Waals surface area (Å²) in [6.07, 6.45) is 2.03. The number of benzene rings is 1. The fourth-order valence-corrected chi connectivity index (χ4v) is 4.83. The van der Waals surface area contributed by atoms with Crippen LogP contribution in [0.3, 0.4) is 0 Å². The number of halogens is 3. The molecule has 0 spiro atoms. The van der Waals surface area contributed by atoms with Crippen LogP contribution in [0.1, 0.15) is 38.4 Å². The van der Waals surface area contributed by atoms with Gasteiger partial charge in [0.15, 0.2) is 5.82 Å². The van der Waals surface area contributed by atoms with Gasteiger partial charge in [-0.15, -0.1) is 0 Å². The second-order valence-electron chi connectivity index (χ2n) is 9.38. The van der Waals surface area contributed by atoms with E-state index in [4.69, 9.17) is 4.74 Å². The minimum atomic E-state index is -2.60. The van der Waals surface area contributed by atoms with Gasteiger partial charge in [0.2, 0.25) is 11.8 Å². The van der Waals surface area contributed by atoms with Crippen LogP contribution in [0.4, 0.5) is 19.1 Å². The average Bonchev–Trinajstić information content (AvgIpc) is 3.36. The number of hydrogen-bond donors (Lipinski definition) is 3. The molecule has 1 aliphatic carbocycles. The lowest BCUT2D eigenvalue weighted by Gasteiger charge is -2.33. The second kappa shape index (κ2) is 8.71. The van der Waals surface area contributed by atoms with Crippen LogP contribution in [0, 0.1) is 12.7 Å². The normalized spacial score (nSPS) is 20.7. The van der Waals surface area contributed by atoms with E-state index in [1.54, 1.807) is 19.2 Å². The van der Waals surface area contributed by atoms with E-state index in [2.05, 4.69) is 25.3 Å². The maximum absolute atomic E-state index is 15.0. The van der Waals surface area contributed by atoms with Gasteiger partial charge in [-0.05, 0) is 57.2 Å². The molecule has 0 atom stereocenters. The fraction of sp³-hybridized carbons (Fsp3) is 0.458. The summed E-state index contributed by atoms with van der Waals surface area (Å²) in [5.74, 6) is 0.404. The van der Waals surface area contributed by atoms with Crippen LogP contribution in [0.15, 0.2) is 18.3 Å². The van der Waals surface area contributed by atoms with Crippen molar-refractivity contribution in [3.8, 4) is 17.0 Å². The predicted octanol–water partition coefficient (Wildman–Crippen LogP) is 4.80. The lowest BCUT2D eigenvalue weighted by atomic mass is 9.84. The number of hydrogen-bond acceptors (Lipinski definition) is 6. The molecule has 1 saturated carbocycles. The number of H-pyrrole nitrogens is 1. The molecule has 1 fully saturated rings. The largest absolute Gasteiger partial charge is 0.480 e. The van der Waals surface area contributed by atoms with E-state index in [0.29, 0.717) is 58.2 Å². The maximum Gasteiger partial charge on any atom is 0.256 e. The van der Waals surface area contributed by atoms with Gasteiger partial charge in [-0.1, -0.05) is 0 Å². The first-order valence-electron chi connectivity index (χ1n) is 11.5. The number of aliphatic hydroxyl groups is 1. The molecular weight excluding hydrogens is 461 g/mol. The van der Waals surface area contributed by atoms with E-state index in [9.17, 15) is 18.3 Å². The smallest absolute Gasteiger partial charge is 0.256 e. The van der Waals surface area contributed by atoms with E-state index < -0.39 is 24.4 Å². The molecule has 35 heavy (non-hydrogen) atoms. The number of imidazole rings is 1. The Kier molecular flexibility index (Phi) is 5.82. The van der Waals surface area contributed by atoms with E-state index in [0.717, 1.165) is 12.8 Å². The third-order valence-corrected chi connectivity index (χ3v) is 6.72. The molecule has 0 bridgehead atoms. The summed E-state index contributed by atoms with van der Waals surface area (Å²) >= 11 is 0. The number of methoxy groups -OCH3 is 1. The van der Waals surface area contributed by atoms with Crippen molar-refractivity contribution >= 4 is 28.0 Å². The van der Waals surface area contributed by atoms with E-state index in [1.165, 1.54) is 17.7 Å². The minimum absolute atomic E-state index is 0.0490. The van der Waals surface area contributed by atoms with Crippen LogP contribution in [0.5, 0.6) is 5.88 Å². The molecule has 1 aliphatic rings. The highest BCUT2D eigenvalue weighted by molar-refractivity contribution is 5.99. The topological polar surface area (TPSA) is 101 Å². The van der Waals surface area contributed by atoms with Gasteiger partial charge in [-0.25, -0.2) is 18.2 Å². The number of rotatable bonds is 6. The number of aromatic nitrogens is 5. The van der Waals surface area contributed by atoms with Gasteiger partial charge >= 0.3 is 0 Å². The molecule has 8 nitrogen and oxygen atoms in total. The molecule has 3 heterocycles. The van der Waals surface area contributed by atoms with Crippen molar-refractivity contribution in [3.05, 3.63) is 30.0 Å². The van der Waals surface area contributed by atoms with Gasteiger partial charge in [0.25, 0.3) is 6.43 Å². The quantitative estimate of drug-likeness (QED) is 0.360. The van der Waals surface area contributed by atoms with E-state index in [-0.39, 0.29) is 11.6 Å². The van der Waals surface area contributed by atoms with E-state index >= 15 is 0 Å². The molecule has 4 aromatic rings. The summed E-state index contributed by atoms with van der Waals surface area (Å²) < 4.78 is 48.1. The Morgan fingerprint density at radius 1 is 1.26 bits per heavy atom. The van der Waals surface area contributed by atoms with Gasteiger partial charge in [0.1, 0.15) is 17.0 Å². The van der Waals surface area contributed by atoms with Crippen LogP contribution in [0.2, 0.25) is 0 Å². The molecule has 0 aliphatic heterocycles. The Morgan fingerprint density at radius 2 is 2.00 bits per heavy atom. The lowest BCUT2D eigenvalue weighted by molar-refractivity contribution is 0.0195. The number of fused-ring (bicyclic) bond motifs is 2. The summed E-state index contributed by atoms with van der Waals surface area (Å²) in [7, 11) is 1.49. The number of aromatic amines is 1. The van der Waals surface area contributed by atoms with Crippen molar-refractivity contribution in [2.75, 3.05) is 12.4 Å². The summed E-state index contributed by atoms with van der Waals surface area (Å²) in [6, 6.07) is 3.09. The number of anilines is 1. The Morgan fingerprint density at radius 3 is 2.69 bits per heavy atom. The molecule has 0 amide bonds. The van der Waals surface area contributed by atoms with Gasteiger partial charge in [-0.3, -0.25) is 0 Å². The van der Waals surface area contributed by atoms with Crippen molar-refractivity contribution in [1.29, 1.82) is 0 Å². The highest BCUT2D eigenvalue weighted by Crippen LogP contribution is 2.37. The lowest BCUT2D eigenvalue weighted by Crippen LogP contribution is -2.36. The molecule has 186 valence electrons. The number of ether oxygens (including phenoxy) is 1. The van der Waals surface area contributed by atoms with Crippen molar-refractivity contribution in [3.63, 3.8) is 0 Å². The zero-order valence-electron chi connectivity index (χ0n) is 19.7. The highest BCUT2D eigenvalue weighted by Gasteiger charge is 2.29.